The predicted molar refractivity (Wildman–Crippen MR) is 56.3 cm³/mol. The molecule has 0 amide bonds. The third-order valence-corrected chi connectivity index (χ3v) is 2.11. The fourth-order valence-corrected chi connectivity index (χ4v) is 1.24. The van der Waals surface area contributed by atoms with Gasteiger partial charge in [-0.1, -0.05) is 5.16 Å². The lowest BCUT2D eigenvalue weighted by Gasteiger charge is -2.01. The van der Waals surface area contributed by atoms with Crippen LogP contribution in [0.2, 0.25) is 0 Å². The first-order chi connectivity index (χ1) is 8.44. The standard InChI is InChI=1S/C10H9F3N4O/c11-10(12,13)4-3-8-16-9(18-17-8)7-2-1-6(14)5-15-7/h1-2,5H,3-4,14H2. The fourth-order valence-electron chi connectivity index (χ4n) is 1.24. The Balaban J connectivity index is 2.08. The van der Waals surface area contributed by atoms with Crippen LogP contribution in [0.5, 0.6) is 0 Å². The second kappa shape index (κ2) is 4.63. The SMILES string of the molecule is Nc1ccc(-c2nc(CCC(F)(F)F)no2)nc1. The van der Waals surface area contributed by atoms with Gasteiger partial charge in [-0.15, -0.1) is 0 Å². The maximum Gasteiger partial charge on any atom is 0.389 e. The van der Waals surface area contributed by atoms with Crippen LogP contribution in [0.1, 0.15) is 12.2 Å². The number of nitrogens with zero attached hydrogens (tertiary/aromatic N) is 3. The molecular weight excluding hydrogens is 249 g/mol. The normalized spacial score (nSPS) is 11.7. The first-order valence-corrected chi connectivity index (χ1v) is 5.05. The number of hydrogen-bond acceptors (Lipinski definition) is 5. The lowest BCUT2D eigenvalue weighted by Crippen LogP contribution is -2.09. The Bertz CT molecular complexity index is 521. The zero-order valence-electron chi connectivity index (χ0n) is 9.11. The maximum absolute atomic E-state index is 12.0. The Hall–Kier alpha value is -2.12. The lowest BCUT2D eigenvalue weighted by molar-refractivity contribution is -0.134. The summed E-state index contributed by atoms with van der Waals surface area (Å²) in [4.78, 5) is 7.76. The van der Waals surface area contributed by atoms with Crippen LogP contribution in [0, 0.1) is 0 Å². The Morgan fingerprint density at radius 2 is 2.06 bits per heavy atom. The van der Waals surface area contributed by atoms with Gasteiger partial charge in [-0.2, -0.15) is 18.2 Å². The topological polar surface area (TPSA) is 77.8 Å². The molecule has 2 N–H and O–H groups in total. The molecule has 0 atom stereocenters. The second-order valence-corrected chi connectivity index (χ2v) is 3.61. The second-order valence-electron chi connectivity index (χ2n) is 3.61. The van der Waals surface area contributed by atoms with Crippen molar-refractivity contribution in [2.75, 3.05) is 5.73 Å². The number of aromatic nitrogens is 3. The van der Waals surface area contributed by atoms with Gasteiger partial charge in [-0.25, -0.2) is 4.98 Å². The van der Waals surface area contributed by atoms with E-state index < -0.39 is 12.6 Å². The zero-order chi connectivity index (χ0) is 13.2. The Labute approximate surface area is 99.8 Å². The largest absolute Gasteiger partial charge is 0.397 e. The summed E-state index contributed by atoms with van der Waals surface area (Å²) in [7, 11) is 0. The van der Waals surface area contributed by atoms with Crippen LogP contribution >= 0.6 is 0 Å². The molecule has 2 heterocycles. The van der Waals surface area contributed by atoms with E-state index in [2.05, 4.69) is 15.1 Å². The average Bonchev–Trinajstić information content (AvgIpc) is 2.75. The number of anilines is 1. The van der Waals surface area contributed by atoms with Crippen molar-refractivity contribution in [2.24, 2.45) is 0 Å². The third kappa shape index (κ3) is 3.19. The number of pyridine rings is 1. The molecule has 0 radical (unpaired) electrons. The Kier molecular flexibility index (Phi) is 3.17. The van der Waals surface area contributed by atoms with Gasteiger partial charge in [0, 0.05) is 6.42 Å². The molecule has 0 bridgehead atoms. The van der Waals surface area contributed by atoms with E-state index in [0.717, 1.165) is 0 Å². The van der Waals surface area contributed by atoms with E-state index in [1.54, 1.807) is 12.1 Å². The molecule has 0 spiro atoms. The Morgan fingerprint density at radius 1 is 1.28 bits per heavy atom. The molecule has 0 fully saturated rings. The number of nitrogen functional groups attached to an aromatic ring is 1. The number of rotatable bonds is 3. The van der Waals surface area contributed by atoms with E-state index in [0.29, 0.717) is 11.4 Å². The first-order valence-electron chi connectivity index (χ1n) is 5.05. The summed E-state index contributed by atoms with van der Waals surface area (Å²) in [6.45, 7) is 0. The van der Waals surface area contributed by atoms with Crippen LogP contribution in [0.25, 0.3) is 11.6 Å². The number of halogens is 3. The van der Waals surface area contributed by atoms with Gasteiger partial charge in [0.25, 0.3) is 5.89 Å². The van der Waals surface area contributed by atoms with Crippen LogP contribution in [0.4, 0.5) is 18.9 Å². The average molecular weight is 258 g/mol. The molecule has 0 aliphatic heterocycles. The van der Waals surface area contributed by atoms with Crippen molar-refractivity contribution < 1.29 is 17.7 Å². The number of alkyl halides is 3. The van der Waals surface area contributed by atoms with E-state index >= 15 is 0 Å². The minimum absolute atomic E-state index is 0.000880. The molecule has 0 aliphatic rings. The van der Waals surface area contributed by atoms with E-state index in [4.69, 9.17) is 10.3 Å². The van der Waals surface area contributed by atoms with Gasteiger partial charge in [0.15, 0.2) is 5.82 Å². The quantitative estimate of drug-likeness (QED) is 0.913. The third-order valence-electron chi connectivity index (χ3n) is 2.11. The van der Waals surface area contributed by atoms with E-state index in [9.17, 15) is 13.2 Å². The van der Waals surface area contributed by atoms with Crippen LogP contribution in [0.3, 0.4) is 0 Å². The highest BCUT2D eigenvalue weighted by atomic mass is 19.4. The molecule has 2 aromatic heterocycles. The van der Waals surface area contributed by atoms with Gasteiger partial charge in [0.2, 0.25) is 0 Å². The van der Waals surface area contributed by atoms with Gasteiger partial charge in [0.05, 0.1) is 18.3 Å². The number of nitrogens with two attached hydrogens (primary N) is 1. The monoisotopic (exact) mass is 258 g/mol. The fraction of sp³-hybridized carbons (Fsp3) is 0.300. The van der Waals surface area contributed by atoms with Crippen LogP contribution < -0.4 is 5.73 Å². The van der Waals surface area contributed by atoms with Gasteiger partial charge >= 0.3 is 6.18 Å². The molecular formula is C10H9F3N4O. The Morgan fingerprint density at radius 3 is 2.67 bits per heavy atom. The summed E-state index contributed by atoms with van der Waals surface area (Å²) in [6.07, 6.45) is -4.14. The first kappa shape index (κ1) is 12.3. The van der Waals surface area contributed by atoms with Crippen molar-refractivity contribution in [1.29, 1.82) is 0 Å². The summed E-state index contributed by atoms with van der Waals surface area (Å²) in [5.41, 5.74) is 6.29. The number of aryl methyl sites for hydroxylation is 1. The molecule has 0 aromatic carbocycles. The van der Waals surface area contributed by atoms with Crippen molar-refractivity contribution in [3.8, 4) is 11.6 Å². The highest BCUT2D eigenvalue weighted by molar-refractivity contribution is 5.50. The van der Waals surface area contributed by atoms with Crippen molar-refractivity contribution in [3.63, 3.8) is 0 Å². The highest BCUT2D eigenvalue weighted by Gasteiger charge is 2.27. The molecule has 2 aromatic rings. The molecule has 5 nitrogen and oxygen atoms in total. The molecule has 0 aliphatic carbocycles. The summed E-state index contributed by atoms with van der Waals surface area (Å²) in [6, 6.07) is 3.14. The molecule has 0 saturated carbocycles. The minimum atomic E-state index is -4.24. The highest BCUT2D eigenvalue weighted by Crippen LogP contribution is 2.22. The van der Waals surface area contributed by atoms with E-state index in [1.807, 2.05) is 0 Å². The van der Waals surface area contributed by atoms with Crippen molar-refractivity contribution in [1.82, 2.24) is 15.1 Å². The summed E-state index contributed by atoms with van der Waals surface area (Å²) in [5, 5.41) is 3.46. The molecule has 2 rings (SSSR count). The van der Waals surface area contributed by atoms with Crippen LogP contribution in [0.15, 0.2) is 22.9 Å². The molecule has 8 heteroatoms. The lowest BCUT2D eigenvalue weighted by atomic mass is 10.3. The molecule has 0 unspecified atom stereocenters. The van der Waals surface area contributed by atoms with E-state index in [-0.39, 0.29) is 18.1 Å². The van der Waals surface area contributed by atoms with Gasteiger partial charge in [0.1, 0.15) is 5.69 Å². The molecule has 18 heavy (non-hydrogen) atoms. The van der Waals surface area contributed by atoms with Gasteiger partial charge in [-0.05, 0) is 12.1 Å². The maximum atomic E-state index is 12.0. The minimum Gasteiger partial charge on any atom is -0.397 e. The smallest absolute Gasteiger partial charge is 0.389 e. The zero-order valence-corrected chi connectivity index (χ0v) is 9.11. The van der Waals surface area contributed by atoms with Gasteiger partial charge in [-0.3, -0.25) is 0 Å². The predicted octanol–water partition coefficient (Wildman–Crippen LogP) is 2.21. The summed E-state index contributed by atoms with van der Waals surface area (Å²) in [5.74, 6) is 0.0770. The summed E-state index contributed by atoms with van der Waals surface area (Å²) >= 11 is 0. The van der Waals surface area contributed by atoms with Crippen molar-refractivity contribution in [2.45, 2.75) is 19.0 Å². The van der Waals surface area contributed by atoms with Crippen molar-refractivity contribution in [3.05, 3.63) is 24.2 Å². The number of hydrogen-bond donors (Lipinski definition) is 1. The van der Waals surface area contributed by atoms with Crippen molar-refractivity contribution >= 4 is 5.69 Å². The van der Waals surface area contributed by atoms with E-state index in [1.165, 1.54) is 6.20 Å². The van der Waals surface area contributed by atoms with Crippen LogP contribution in [-0.2, 0) is 6.42 Å². The molecule has 96 valence electrons. The summed E-state index contributed by atoms with van der Waals surface area (Å²) < 4.78 is 40.8. The van der Waals surface area contributed by atoms with Gasteiger partial charge < -0.3 is 10.3 Å². The van der Waals surface area contributed by atoms with Crippen LogP contribution in [-0.4, -0.2) is 21.3 Å². The molecule has 0 saturated heterocycles.